The molecule has 1 aromatic carbocycles. The number of nitrogens with two attached hydrogens (primary N) is 1. The Balaban J connectivity index is 3.53. The number of ether oxygens (including phenoxy) is 1. The Morgan fingerprint density at radius 2 is 1.68 bits per heavy atom. The van der Waals surface area contributed by atoms with Crippen molar-refractivity contribution < 1.29 is 23.9 Å². The molecule has 0 spiro atoms. The standard InChI is InChI=1S/C29H48N4O5/c1-9-10-11-12-18-33(24(25(35)32-28(3,4)5)21-15-13-14-20(2)19-21)26(36)22(16-17-23(30)34)31-27(37)38-29(6,7)8/h13-15,19,22,24H,9-12,16-18H2,1-8H3,(H2,30,34)(H,31,37)(H,32,35). The Hall–Kier alpha value is -3.10. The molecule has 0 bridgehead atoms. The molecule has 0 aliphatic heterocycles. The first kappa shape index (κ1) is 32.9. The van der Waals surface area contributed by atoms with Gasteiger partial charge in [0.15, 0.2) is 0 Å². The maximum Gasteiger partial charge on any atom is 0.408 e. The van der Waals surface area contributed by atoms with Crippen molar-refractivity contribution >= 4 is 23.8 Å². The van der Waals surface area contributed by atoms with E-state index < -0.39 is 41.1 Å². The molecule has 1 aromatic rings. The molecule has 0 aliphatic carbocycles. The maximum absolute atomic E-state index is 14.1. The Labute approximate surface area is 228 Å². The monoisotopic (exact) mass is 532 g/mol. The van der Waals surface area contributed by atoms with E-state index in [1.165, 1.54) is 4.90 Å². The summed E-state index contributed by atoms with van der Waals surface area (Å²) in [5, 5.41) is 5.64. The number of unbranched alkanes of at least 4 members (excludes halogenated alkanes) is 3. The van der Waals surface area contributed by atoms with Gasteiger partial charge in [-0.15, -0.1) is 0 Å². The van der Waals surface area contributed by atoms with Crippen LogP contribution in [0.3, 0.4) is 0 Å². The van der Waals surface area contributed by atoms with Crippen LogP contribution < -0.4 is 16.4 Å². The van der Waals surface area contributed by atoms with Gasteiger partial charge in [-0.25, -0.2) is 4.79 Å². The van der Waals surface area contributed by atoms with Crippen LogP contribution in [0.5, 0.6) is 0 Å². The number of alkyl carbamates (subject to hydrolysis) is 1. The quantitative estimate of drug-likeness (QED) is 0.322. The fraction of sp³-hybridized carbons (Fsp3) is 0.655. The second kappa shape index (κ2) is 14.7. The van der Waals surface area contributed by atoms with Crippen molar-refractivity contribution in [2.75, 3.05) is 6.54 Å². The molecule has 214 valence electrons. The number of hydrogen-bond acceptors (Lipinski definition) is 5. The van der Waals surface area contributed by atoms with Gasteiger partial charge >= 0.3 is 6.09 Å². The number of nitrogens with one attached hydrogen (secondary N) is 2. The zero-order valence-corrected chi connectivity index (χ0v) is 24.5. The van der Waals surface area contributed by atoms with Gasteiger partial charge in [0.25, 0.3) is 0 Å². The summed E-state index contributed by atoms with van der Waals surface area (Å²) in [6.07, 6.45) is 2.66. The number of carbonyl (C=O) groups excluding carboxylic acids is 4. The maximum atomic E-state index is 14.1. The third-order valence-corrected chi connectivity index (χ3v) is 5.62. The predicted octanol–water partition coefficient (Wildman–Crippen LogP) is 4.52. The van der Waals surface area contributed by atoms with Gasteiger partial charge in [0.05, 0.1) is 0 Å². The SMILES string of the molecule is CCCCCCN(C(=O)C(CCC(N)=O)NC(=O)OC(C)(C)C)C(C(=O)NC(C)(C)C)c1cccc(C)c1. The molecule has 9 nitrogen and oxygen atoms in total. The lowest BCUT2D eigenvalue weighted by atomic mass is 9.98. The molecule has 0 aliphatic rings. The molecule has 1 rings (SSSR count). The number of carbonyl (C=O) groups is 4. The zero-order valence-electron chi connectivity index (χ0n) is 24.5. The molecule has 4 N–H and O–H groups in total. The van der Waals surface area contributed by atoms with Crippen molar-refractivity contribution in [2.45, 2.75) is 117 Å². The van der Waals surface area contributed by atoms with E-state index in [4.69, 9.17) is 10.5 Å². The van der Waals surface area contributed by atoms with Crippen LogP contribution in [0.15, 0.2) is 24.3 Å². The molecule has 4 amide bonds. The molecule has 0 saturated carbocycles. The Bertz CT molecular complexity index is 949. The number of primary amides is 1. The van der Waals surface area contributed by atoms with Crippen molar-refractivity contribution in [3.05, 3.63) is 35.4 Å². The van der Waals surface area contributed by atoms with E-state index in [9.17, 15) is 19.2 Å². The highest BCUT2D eigenvalue weighted by Crippen LogP contribution is 2.26. The topological polar surface area (TPSA) is 131 Å². The van der Waals surface area contributed by atoms with Crippen LogP contribution in [-0.4, -0.2) is 52.4 Å². The summed E-state index contributed by atoms with van der Waals surface area (Å²) in [6.45, 7) is 15.1. The first-order valence-corrected chi connectivity index (χ1v) is 13.5. The third kappa shape index (κ3) is 12.4. The molecule has 0 fully saturated rings. The zero-order chi connectivity index (χ0) is 29.1. The fourth-order valence-corrected chi connectivity index (χ4v) is 4.02. The van der Waals surface area contributed by atoms with E-state index in [2.05, 4.69) is 17.6 Å². The average Bonchev–Trinajstić information content (AvgIpc) is 2.75. The van der Waals surface area contributed by atoms with Gasteiger partial charge in [0.2, 0.25) is 17.7 Å². The first-order chi connectivity index (χ1) is 17.5. The molecule has 0 radical (unpaired) electrons. The van der Waals surface area contributed by atoms with Gasteiger partial charge in [0.1, 0.15) is 17.7 Å². The highest BCUT2D eigenvalue weighted by molar-refractivity contribution is 5.92. The Morgan fingerprint density at radius 3 is 2.21 bits per heavy atom. The van der Waals surface area contributed by atoms with Crippen LogP contribution in [-0.2, 0) is 19.1 Å². The molecular formula is C29H48N4O5. The van der Waals surface area contributed by atoms with Crippen LogP contribution >= 0.6 is 0 Å². The molecule has 9 heteroatoms. The summed E-state index contributed by atoms with van der Waals surface area (Å²) >= 11 is 0. The van der Waals surface area contributed by atoms with Crippen molar-refractivity contribution in [1.82, 2.24) is 15.5 Å². The van der Waals surface area contributed by atoms with Crippen LogP contribution in [0.25, 0.3) is 0 Å². The second-order valence-corrected chi connectivity index (χ2v) is 11.9. The van der Waals surface area contributed by atoms with Gasteiger partial charge in [0, 0.05) is 18.5 Å². The molecule has 2 unspecified atom stereocenters. The largest absolute Gasteiger partial charge is 0.444 e. The molecular weight excluding hydrogens is 484 g/mol. The summed E-state index contributed by atoms with van der Waals surface area (Å²) in [5.74, 6) is -1.38. The lowest BCUT2D eigenvalue weighted by Crippen LogP contribution is -2.55. The van der Waals surface area contributed by atoms with Crippen LogP contribution in [0.1, 0.15) is 104 Å². The lowest BCUT2D eigenvalue weighted by Gasteiger charge is -2.36. The number of aryl methyl sites for hydroxylation is 1. The van der Waals surface area contributed by atoms with E-state index >= 15 is 0 Å². The fourth-order valence-electron chi connectivity index (χ4n) is 4.02. The third-order valence-electron chi connectivity index (χ3n) is 5.62. The number of amides is 4. The minimum Gasteiger partial charge on any atom is -0.444 e. The van der Waals surface area contributed by atoms with E-state index in [0.717, 1.165) is 24.8 Å². The minimum atomic E-state index is -1.10. The van der Waals surface area contributed by atoms with Gasteiger partial charge in [-0.3, -0.25) is 14.4 Å². The predicted molar refractivity (Wildman–Crippen MR) is 149 cm³/mol. The Kier molecular flexibility index (Phi) is 12.8. The average molecular weight is 533 g/mol. The van der Waals surface area contributed by atoms with Crippen LogP contribution in [0.2, 0.25) is 0 Å². The van der Waals surface area contributed by atoms with E-state index in [1.54, 1.807) is 20.8 Å². The van der Waals surface area contributed by atoms with Gasteiger partial charge in [-0.2, -0.15) is 0 Å². The number of nitrogens with zero attached hydrogens (tertiary/aromatic N) is 1. The summed E-state index contributed by atoms with van der Waals surface area (Å²) in [6, 6.07) is 5.46. The summed E-state index contributed by atoms with van der Waals surface area (Å²) in [7, 11) is 0. The summed E-state index contributed by atoms with van der Waals surface area (Å²) in [4.78, 5) is 53.6. The highest BCUT2D eigenvalue weighted by Gasteiger charge is 2.37. The van der Waals surface area contributed by atoms with Gasteiger partial charge in [-0.1, -0.05) is 56.0 Å². The van der Waals surface area contributed by atoms with Crippen LogP contribution in [0.4, 0.5) is 4.79 Å². The van der Waals surface area contributed by atoms with Crippen molar-refractivity contribution in [2.24, 2.45) is 5.73 Å². The van der Waals surface area contributed by atoms with Gasteiger partial charge < -0.3 is 26.0 Å². The van der Waals surface area contributed by atoms with E-state index in [0.29, 0.717) is 18.5 Å². The van der Waals surface area contributed by atoms with Crippen LogP contribution in [0, 0.1) is 6.92 Å². The van der Waals surface area contributed by atoms with E-state index in [1.807, 2.05) is 52.0 Å². The number of rotatable bonds is 13. The van der Waals surface area contributed by atoms with E-state index in [-0.39, 0.29) is 18.7 Å². The first-order valence-electron chi connectivity index (χ1n) is 13.5. The molecule has 0 aromatic heterocycles. The summed E-state index contributed by atoms with van der Waals surface area (Å²) in [5.41, 5.74) is 5.68. The number of hydrogen-bond donors (Lipinski definition) is 3. The minimum absolute atomic E-state index is 0.0136. The normalized spacial score (nSPS) is 13.3. The van der Waals surface area contributed by atoms with Crippen molar-refractivity contribution in [3.8, 4) is 0 Å². The van der Waals surface area contributed by atoms with Gasteiger partial charge in [-0.05, 0) is 66.9 Å². The summed E-state index contributed by atoms with van der Waals surface area (Å²) < 4.78 is 5.38. The van der Waals surface area contributed by atoms with Crippen molar-refractivity contribution in [3.63, 3.8) is 0 Å². The molecule has 0 heterocycles. The molecule has 38 heavy (non-hydrogen) atoms. The highest BCUT2D eigenvalue weighted by atomic mass is 16.6. The van der Waals surface area contributed by atoms with Crippen molar-refractivity contribution in [1.29, 1.82) is 0 Å². The smallest absolute Gasteiger partial charge is 0.408 e. The Morgan fingerprint density at radius 1 is 1.03 bits per heavy atom. The second-order valence-electron chi connectivity index (χ2n) is 11.9. The number of benzene rings is 1. The molecule has 2 atom stereocenters. The molecule has 0 saturated heterocycles. The lowest BCUT2D eigenvalue weighted by molar-refractivity contribution is -0.143.